The first-order chi connectivity index (χ1) is 5.83. The maximum Gasteiger partial charge on any atom is 0.274 e. The molecule has 0 spiro atoms. The van der Waals surface area contributed by atoms with Gasteiger partial charge in [-0.15, -0.1) is 0 Å². The molecule has 0 aliphatic carbocycles. The van der Waals surface area contributed by atoms with Crippen LogP contribution in [0.3, 0.4) is 0 Å². The summed E-state index contributed by atoms with van der Waals surface area (Å²) in [6.07, 6.45) is 5.34. The van der Waals surface area contributed by atoms with E-state index in [9.17, 15) is 0 Å². The molecule has 12 heavy (non-hydrogen) atoms. The van der Waals surface area contributed by atoms with Crippen molar-refractivity contribution in [2.24, 2.45) is 0 Å². The average molecular weight is 250 g/mol. The SMILES string of the molecule is CCCCCOc1ncc(Br)s1. The van der Waals surface area contributed by atoms with E-state index in [2.05, 4.69) is 27.8 Å². The molecule has 68 valence electrons. The molecule has 1 aromatic heterocycles. The minimum absolute atomic E-state index is 0.762. The van der Waals surface area contributed by atoms with Crippen molar-refractivity contribution in [2.75, 3.05) is 6.61 Å². The first kappa shape index (κ1) is 9.99. The van der Waals surface area contributed by atoms with Gasteiger partial charge in [-0.3, -0.25) is 0 Å². The minimum Gasteiger partial charge on any atom is -0.470 e. The van der Waals surface area contributed by atoms with Gasteiger partial charge in [0.05, 0.1) is 16.6 Å². The zero-order chi connectivity index (χ0) is 8.81. The number of ether oxygens (including phenoxy) is 1. The van der Waals surface area contributed by atoms with Gasteiger partial charge in [-0.05, 0) is 22.4 Å². The fourth-order valence-corrected chi connectivity index (χ4v) is 1.86. The third-order valence-corrected chi connectivity index (χ3v) is 2.82. The van der Waals surface area contributed by atoms with Crippen LogP contribution in [0, 0.1) is 0 Å². The van der Waals surface area contributed by atoms with Crippen molar-refractivity contribution in [1.82, 2.24) is 4.98 Å². The van der Waals surface area contributed by atoms with Gasteiger partial charge in [-0.2, -0.15) is 0 Å². The lowest BCUT2D eigenvalue weighted by Crippen LogP contribution is -1.95. The highest BCUT2D eigenvalue weighted by atomic mass is 79.9. The van der Waals surface area contributed by atoms with Gasteiger partial charge >= 0.3 is 0 Å². The molecule has 1 rings (SSSR count). The zero-order valence-electron chi connectivity index (χ0n) is 7.05. The van der Waals surface area contributed by atoms with E-state index in [1.54, 1.807) is 6.20 Å². The summed E-state index contributed by atoms with van der Waals surface area (Å²) in [5.74, 6) is 0. The van der Waals surface area contributed by atoms with Crippen molar-refractivity contribution in [3.05, 3.63) is 9.98 Å². The molecule has 0 radical (unpaired) electrons. The predicted octanol–water partition coefficient (Wildman–Crippen LogP) is 3.47. The summed E-state index contributed by atoms with van der Waals surface area (Å²) < 4.78 is 6.43. The van der Waals surface area contributed by atoms with E-state index in [1.807, 2.05) is 0 Å². The molecule has 0 saturated heterocycles. The lowest BCUT2D eigenvalue weighted by Gasteiger charge is -1.99. The number of halogens is 1. The molecule has 0 aromatic carbocycles. The molecular formula is C8H12BrNOS. The Labute approximate surface area is 85.1 Å². The van der Waals surface area contributed by atoms with Crippen molar-refractivity contribution in [1.29, 1.82) is 0 Å². The standard InChI is InChI=1S/C8H12BrNOS/c1-2-3-4-5-11-8-10-6-7(9)12-8/h6H,2-5H2,1H3. The molecule has 4 heteroatoms. The molecule has 0 unspecified atom stereocenters. The predicted molar refractivity (Wildman–Crippen MR) is 54.8 cm³/mol. The monoisotopic (exact) mass is 249 g/mol. The maximum atomic E-state index is 5.41. The third-order valence-electron chi connectivity index (χ3n) is 1.43. The van der Waals surface area contributed by atoms with Crippen LogP contribution in [-0.4, -0.2) is 11.6 Å². The van der Waals surface area contributed by atoms with Gasteiger partial charge in [-0.25, -0.2) is 4.98 Å². The van der Waals surface area contributed by atoms with Gasteiger partial charge in [0.1, 0.15) is 0 Å². The van der Waals surface area contributed by atoms with Crippen molar-refractivity contribution in [2.45, 2.75) is 26.2 Å². The number of aromatic nitrogens is 1. The van der Waals surface area contributed by atoms with Gasteiger partial charge in [-0.1, -0.05) is 31.1 Å². The van der Waals surface area contributed by atoms with E-state index in [0.29, 0.717) is 0 Å². The third kappa shape index (κ3) is 3.54. The summed E-state index contributed by atoms with van der Waals surface area (Å²) >= 11 is 4.86. The number of thiazole rings is 1. The molecular weight excluding hydrogens is 238 g/mol. The van der Waals surface area contributed by atoms with Crippen molar-refractivity contribution in [3.8, 4) is 5.19 Å². The summed E-state index contributed by atoms with van der Waals surface area (Å²) in [5, 5.41) is 0.762. The average Bonchev–Trinajstić information content (AvgIpc) is 2.45. The van der Waals surface area contributed by atoms with E-state index in [-0.39, 0.29) is 0 Å². The molecule has 1 aromatic rings. The normalized spacial score (nSPS) is 10.2. The van der Waals surface area contributed by atoms with Crippen molar-refractivity contribution in [3.63, 3.8) is 0 Å². The Kier molecular flexibility index (Phi) is 4.61. The highest BCUT2D eigenvalue weighted by Gasteiger charge is 1.98. The van der Waals surface area contributed by atoms with Gasteiger partial charge in [0.15, 0.2) is 0 Å². The quantitative estimate of drug-likeness (QED) is 0.746. The molecule has 2 nitrogen and oxygen atoms in total. The van der Waals surface area contributed by atoms with Gasteiger partial charge in [0, 0.05) is 0 Å². The minimum atomic E-state index is 0.762. The van der Waals surface area contributed by atoms with Crippen LogP contribution in [0.15, 0.2) is 9.98 Å². The van der Waals surface area contributed by atoms with E-state index >= 15 is 0 Å². The van der Waals surface area contributed by atoms with Crippen LogP contribution in [0.2, 0.25) is 0 Å². The van der Waals surface area contributed by atoms with Gasteiger partial charge in [0.2, 0.25) is 0 Å². The highest BCUT2D eigenvalue weighted by Crippen LogP contribution is 2.25. The fourth-order valence-electron chi connectivity index (χ4n) is 0.818. The summed E-state index contributed by atoms with van der Waals surface area (Å²) in [6, 6.07) is 0. The number of rotatable bonds is 5. The molecule has 0 aliphatic rings. The molecule has 0 aliphatic heterocycles. The fraction of sp³-hybridized carbons (Fsp3) is 0.625. The molecule has 0 fully saturated rings. The lowest BCUT2D eigenvalue weighted by molar-refractivity contribution is 0.305. The first-order valence-corrected chi connectivity index (χ1v) is 5.68. The van der Waals surface area contributed by atoms with Crippen LogP contribution in [-0.2, 0) is 0 Å². The van der Waals surface area contributed by atoms with Crippen molar-refractivity contribution >= 4 is 27.3 Å². The molecule has 0 amide bonds. The Morgan fingerprint density at radius 3 is 3.00 bits per heavy atom. The Bertz CT molecular complexity index is 227. The van der Waals surface area contributed by atoms with Crippen LogP contribution in [0.1, 0.15) is 26.2 Å². The molecule has 0 N–H and O–H groups in total. The Balaban J connectivity index is 2.15. The van der Waals surface area contributed by atoms with Gasteiger partial charge < -0.3 is 4.74 Å². The van der Waals surface area contributed by atoms with Crippen LogP contribution in [0.5, 0.6) is 5.19 Å². The second-order valence-corrected chi connectivity index (χ2v) is 4.86. The van der Waals surface area contributed by atoms with Gasteiger partial charge in [0.25, 0.3) is 5.19 Å². The largest absolute Gasteiger partial charge is 0.470 e. The number of hydrogen-bond acceptors (Lipinski definition) is 3. The second-order valence-electron chi connectivity index (χ2n) is 2.49. The number of unbranched alkanes of at least 4 members (excludes halogenated alkanes) is 2. The zero-order valence-corrected chi connectivity index (χ0v) is 9.45. The number of nitrogens with zero attached hydrogens (tertiary/aromatic N) is 1. The summed E-state index contributed by atoms with van der Waals surface area (Å²) in [7, 11) is 0. The maximum absolute atomic E-state index is 5.41. The van der Waals surface area contributed by atoms with Crippen LogP contribution in [0.25, 0.3) is 0 Å². The van der Waals surface area contributed by atoms with E-state index in [4.69, 9.17) is 4.74 Å². The summed E-state index contributed by atoms with van der Waals surface area (Å²) in [6.45, 7) is 2.97. The Morgan fingerprint density at radius 2 is 2.42 bits per heavy atom. The molecule has 0 atom stereocenters. The highest BCUT2D eigenvalue weighted by molar-refractivity contribution is 9.11. The second kappa shape index (κ2) is 5.54. The topological polar surface area (TPSA) is 22.1 Å². The van der Waals surface area contributed by atoms with E-state index < -0.39 is 0 Å². The molecule has 0 saturated carbocycles. The Hall–Kier alpha value is -0.0900. The smallest absolute Gasteiger partial charge is 0.274 e. The first-order valence-electron chi connectivity index (χ1n) is 4.07. The van der Waals surface area contributed by atoms with E-state index in [0.717, 1.165) is 22.0 Å². The number of hydrogen-bond donors (Lipinski definition) is 0. The Morgan fingerprint density at radius 1 is 1.58 bits per heavy atom. The van der Waals surface area contributed by atoms with E-state index in [1.165, 1.54) is 24.2 Å². The van der Waals surface area contributed by atoms with Crippen LogP contribution in [0.4, 0.5) is 0 Å². The lowest BCUT2D eigenvalue weighted by atomic mass is 10.3. The molecule has 1 heterocycles. The van der Waals surface area contributed by atoms with Crippen LogP contribution < -0.4 is 4.74 Å². The van der Waals surface area contributed by atoms with Crippen molar-refractivity contribution < 1.29 is 4.74 Å². The van der Waals surface area contributed by atoms with Crippen LogP contribution >= 0.6 is 27.3 Å². The molecule has 0 bridgehead atoms. The summed E-state index contributed by atoms with van der Waals surface area (Å²) in [4.78, 5) is 4.06. The summed E-state index contributed by atoms with van der Waals surface area (Å²) in [5.41, 5.74) is 0.